The fourth-order valence-electron chi connectivity index (χ4n) is 1.61. The molecule has 0 aliphatic carbocycles. The van der Waals surface area contributed by atoms with Crippen molar-refractivity contribution in [3.63, 3.8) is 0 Å². The molecular formula is C14H11BrN2O. The van der Waals surface area contributed by atoms with Crippen molar-refractivity contribution in [3.05, 3.63) is 60.2 Å². The molecule has 0 saturated carbocycles. The van der Waals surface area contributed by atoms with E-state index in [4.69, 9.17) is 0 Å². The van der Waals surface area contributed by atoms with Gasteiger partial charge in [0, 0.05) is 0 Å². The zero-order chi connectivity index (χ0) is 13.0. The highest BCUT2D eigenvalue weighted by molar-refractivity contribution is 9.09. The van der Waals surface area contributed by atoms with E-state index in [1.54, 1.807) is 29.2 Å². The molecule has 1 atom stereocenters. The van der Waals surface area contributed by atoms with Crippen molar-refractivity contribution in [2.75, 3.05) is 4.90 Å². The molecule has 2 aromatic carbocycles. The van der Waals surface area contributed by atoms with Gasteiger partial charge in [0.2, 0.25) is 0 Å². The van der Waals surface area contributed by atoms with Crippen LogP contribution in [0.25, 0.3) is 0 Å². The first kappa shape index (κ1) is 12.5. The Kier molecular flexibility index (Phi) is 3.85. The molecule has 0 heterocycles. The molecule has 1 unspecified atom stereocenters. The minimum atomic E-state index is -0.259. The molecule has 1 N–H and O–H groups in total. The van der Waals surface area contributed by atoms with Crippen LogP contribution in [-0.2, 0) is 0 Å². The van der Waals surface area contributed by atoms with Gasteiger partial charge in [-0.15, -0.1) is 0 Å². The monoisotopic (exact) mass is 302 g/mol. The molecular weight excluding hydrogens is 292 g/mol. The molecule has 0 radical (unpaired) electrons. The Bertz CT molecular complexity index is 548. The molecule has 3 nitrogen and oxygen atoms in total. The number of rotatable bonds is 3. The van der Waals surface area contributed by atoms with E-state index in [1.807, 2.05) is 30.3 Å². The van der Waals surface area contributed by atoms with E-state index in [2.05, 4.69) is 22.1 Å². The predicted molar refractivity (Wildman–Crippen MR) is 74.3 cm³/mol. The first-order valence-corrected chi connectivity index (χ1v) is 6.31. The second kappa shape index (κ2) is 5.56. The minimum Gasteiger partial charge on any atom is -0.508 e. The van der Waals surface area contributed by atoms with Gasteiger partial charge in [0.15, 0.2) is 6.19 Å². The summed E-state index contributed by atoms with van der Waals surface area (Å²) in [6.45, 7) is 0. The van der Waals surface area contributed by atoms with Gasteiger partial charge in [-0.25, -0.2) is 0 Å². The summed E-state index contributed by atoms with van der Waals surface area (Å²) >= 11 is 3.50. The van der Waals surface area contributed by atoms with Crippen molar-refractivity contribution >= 4 is 21.6 Å². The van der Waals surface area contributed by atoms with E-state index in [-0.39, 0.29) is 10.7 Å². The van der Waals surface area contributed by atoms with Crippen LogP contribution in [0.2, 0.25) is 0 Å². The van der Waals surface area contributed by atoms with Gasteiger partial charge >= 0.3 is 0 Å². The fraction of sp³-hybridized carbons (Fsp3) is 0.0714. The normalized spacial score (nSPS) is 11.6. The van der Waals surface area contributed by atoms with Crippen molar-refractivity contribution < 1.29 is 5.11 Å². The van der Waals surface area contributed by atoms with Crippen LogP contribution in [0.3, 0.4) is 0 Å². The largest absolute Gasteiger partial charge is 0.508 e. The van der Waals surface area contributed by atoms with Crippen LogP contribution < -0.4 is 4.90 Å². The number of hydrogen-bond acceptors (Lipinski definition) is 3. The lowest BCUT2D eigenvalue weighted by atomic mass is 10.2. The van der Waals surface area contributed by atoms with Crippen LogP contribution in [0.4, 0.5) is 5.69 Å². The molecule has 0 aliphatic rings. The number of aromatic hydroxyl groups is 1. The molecule has 4 heteroatoms. The van der Waals surface area contributed by atoms with E-state index in [9.17, 15) is 10.4 Å². The molecule has 0 fully saturated rings. The summed E-state index contributed by atoms with van der Waals surface area (Å²) < 4.78 is 0. The number of alkyl halides is 1. The average molecular weight is 303 g/mol. The average Bonchev–Trinajstić information content (AvgIpc) is 2.41. The van der Waals surface area contributed by atoms with Gasteiger partial charge in [-0.2, -0.15) is 5.26 Å². The van der Waals surface area contributed by atoms with Gasteiger partial charge in [-0.05, 0) is 29.8 Å². The molecule has 0 amide bonds. The predicted octanol–water partition coefficient (Wildman–Crippen LogP) is 3.77. The lowest BCUT2D eigenvalue weighted by molar-refractivity contribution is 0.475. The summed E-state index contributed by atoms with van der Waals surface area (Å²) in [5.41, 5.74) is 1.72. The Morgan fingerprint density at radius 3 is 2.22 bits per heavy atom. The third kappa shape index (κ3) is 2.63. The van der Waals surface area contributed by atoms with E-state index < -0.39 is 0 Å². The van der Waals surface area contributed by atoms with E-state index in [0.29, 0.717) is 0 Å². The highest BCUT2D eigenvalue weighted by Gasteiger charge is 2.17. The zero-order valence-electron chi connectivity index (χ0n) is 9.49. The lowest BCUT2D eigenvalue weighted by Crippen LogP contribution is -2.18. The molecule has 0 spiro atoms. The van der Waals surface area contributed by atoms with Gasteiger partial charge < -0.3 is 5.11 Å². The highest BCUT2D eigenvalue weighted by atomic mass is 79.9. The number of halogens is 1. The van der Waals surface area contributed by atoms with Gasteiger partial charge in [-0.1, -0.05) is 46.3 Å². The third-order valence-corrected chi connectivity index (χ3v) is 3.48. The van der Waals surface area contributed by atoms with Gasteiger partial charge in [0.1, 0.15) is 10.7 Å². The Balaban J connectivity index is 2.29. The Labute approximate surface area is 114 Å². The number of nitriles is 1. The first-order chi connectivity index (χ1) is 8.72. The quantitative estimate of drug-likeness (QED) is 0.406. The third-order valence-electron chi connectivity index (χ3n) is 2.54. The molecule has 90 valence electrons. The zero-order valence-corrected chi connectivity index (χ0v) is 11.1. The van der Waals surface area contributed by atoms with Crippen LogP contribution in [0, 0.1) is 11.5 Å². The van der Waals surface area contributed by atoms with E-state index in [0.717, 1.165) is 11.3 Å². The summed E-state index contributed by atoms with van der Waals surface area (Å²) in [4.78, 5) is 1.30. The number of para-hydroxylation sites is 1. The van der Waals surface area contributed by atoms with Gasteiger partial charge in [0.25, 0.3) is 0 Å². The molecule has 2 aromatic rings. The number of nitrogens with zero attached hydrogens (tertiary/aromatic N) is 2. The maximum Gasteiger partial charge on any atom is 0.185 e. The van der Waals surface area contributed by atoms with Crippen LogP contribution in [0.5, 0.6) is 5.75 Å². The van der Waals surface area contributed by atoms with Crippen molar-refractivity contribution in [1.29, 1.82) is 5.26 Å². The topological polar surface area (TPSA) is 47.3 Å². The molecule has 0 aliphatic heterocycles. The van der Waals surface area contributed by atoms with Crippen LogP contribution in [-0.4, -0.2) is 5.11 Å². The number of phenols is 1. The summed E-state index contributed by atoms with van der Waals surface area (Å²) in [6.07, 6.45) is 2.16. The number of anilines is 1. The van der Waals surface area contributed by atoms with Crippen LogP contribution in [0.15, 0.2) is 54.6 Å². The second-order valence-corrected chi connectivity index (χ2v) is 4.60. The second-order valence-electron chi connectivity index (χ2n) is 3.73. The maximum absolute atomic E-state index is 9.26. The summed E-state index contributed by atoms with van der Waals surface area (Å²) in [6, 6.07) is 16.2. The summed E-state index contributed by atoms with van der Waals surface area (Å²) in [5, 5.41) is 18.5. The molecule has 0 aromatic heterocycles. The Morgan fingerprint density at radius 2 is 1.67 bits per heavy atom. The fourth-order valence-corrected chi connectivity index (χ4v) is 2.24. The van der Waals surface area contributed by atoms with Crippen molar-refractivity contribution in [1.82, 2.24) is 0 Å². The minimum absolute atomic E-state index is 0.210. The summed E-state index contributed by atoms with van der Waals surface area (Å²) in [7, 11) is 0. The molecule has 18 heavy (non-hydrogen) atoms. The van der Waals surface area contributed by atoms with Crippen molar-refractivity contribution in [2.24, 2.45) is 0 Å². The number of benzene rings is 2. The van der Waals surface area contributed by atoms with Crippen LogP contribution in [0.1, 0.15) is 10.5 Å². The van der Waals surface area contributed by atoms with E-state index in [1.165, 1.54) is 0 Å². The standard InChI is InChI=1S/C14H11BrN2O/c15-14(11-6-8-13(18)9-7-11)17(10-16)12-4-2-1-3-5-12/h1-9,14,18H. The smallest absolute Gasteiger partial charge is 0.185 e. The molecule has 0 saturated heterocycles. The SMILES string of the molecule is N#CN(c1ccccc1)C(Br)c1ccc(O)cc1. The van der Waals surface area contributed by atoms with Gasteiger partial charge in [-0.3, -0.25) is 4.90 Å². The molecule has 0 bridgehead atoms. The number of hydrogen-bond donors (Lipinski definition) is 1. The molecule has 2 rings (SSSR count). The Morgan fingerprint density at radius 1 is 1.06 bits per heavy atom. The number of phenolic OH excluding ortho intramolecular Hbond substituents is 1. The Hall–Kier alpha value is -1.99. The van der Waals surface area contributed by atoms with Gasteiger partial charge in [0.05, 0.1) is 5.69 Å². The highest BCUT2D eigenvalue weighted by Crippen LogP contribution is 2.31. The van der Waals surface area contributed by atoms with Crippen molar-refractivity contribution in [2.45, 2.75) is 4.95 Å². The lowest BCUT2D eigenvalue weighted by Gasteiger charge is -2.22. The first-order valence-electron chi connectivity index (χ1n) is 5.39. The van der Waals surface area contributed by atoms with E-state index >= 15 is 0 Å². The van der Waals surface area contributed by atoms with Crippen LogP contribution >= 0.6 is 15.9 Å². The van der Waals surface area contributed by atoms with Crippen molar-refractivity contribution in [3.8, 4) is 11.9 Å². The maximum atomic E-state index is 9.26. The summed E-state index contributed by atoms with van der Waals surface area (Å²) in [5.74, 6) is 0.210.